The zero-order valence-electron chi connectivity index (χ0n) is 15.1. The van der Waals surface area contributed by atoms with Gasteiger partial charge in [0.2, 0.25) is 0 Å². The van der Waals surface area contributed by atoms with Crippen LogP contribution in [0.2, 0.25) is 0 Å². The molecule has 2 saturated heterocycles. The van der Waals surface area contributed by atoms with E-state index in [4.69, 9.17) is 14.2 Å². The largest absolute Gasteiger partial charge is 0.496 e. The summed E-state index contributed by atoms with van der Waals surface area (Å²) in [6.07, 6.45) is 0.645. The Labute approximate surface area is 165 Å². The van der Waals surface area contributed by atoms with Gasteiger partial charge in [-0.15, -0.1) is 0 Å². The normalized spacial score (nSPS) is 20.4. The molecule has 0 aromatic heterocycles. The number of esters is 1. The summed E-state index contributed by atoms with van der Waals surface area (Å²) < 4.78 is 15.7. The second kappa shape index (κ2) is 8.16. The van der Waals surface area contributed by atoms with E-state index in [0.29, 0.717) is 41.7 Å². The molecule has 27 heavy (non-hydrogen) atoms. The van der Waals surface area contributed by atoms with Crippen LogP contribution >= 0.6 is 15.9 Å². The van der Waals surface area contributed by atoms with Crippen LogP contribution < -0.4 is 4.74 Å². The van der Waals surface area contributed by atoms with Gasteiger partial charge >= 0.3 is 12.1 Å². The fourth-order valence-electron chi connectivity index (χ4n) is 3.48. The Morgan fingerprint density at radius 1 is 1.22 bits per heavy atom. The number of hydrogen-bond donors (Lipinski definition) is 0. The molecule has 146 valence electrons. The Morgan fingerprint density at radius 2 is 1.93 bits per heavy atom. The molecule has 1 aromatic carbocycles. The van der Waals surface area contributed by atoms with Crippen LogP contribution in [0.4, 0.5) is 4.79 Å². The Bertz CT molecular complexity index is 747. The average Bonchev–Trinajstić information content (AvgIpc) is 3.08. The second-order valence-electron chi connectivity index (χ2n) is 6.40. The number of carbonyl (C=O) groups is 3. The summed E-state index contributed by atoms with van der Waals surface area (Å²) in [4.78, 5) is 39.9. The van der Waals surface area contributed by atoms with E-state index in [1.165, 1.54) is 12.0 Å². The minimum Gasteiger partial charge on any atom is -0.496 e. The molecular formula is C18H21BrN2O6. The number of nitrogens with zero attached hydrogens (tertiary/aromatic N) is 2. The molecule has 0 N–H and O–H groups in total. The van der Waals surface area contributed by atoms with Crippen molar-refractivity contribution in [2.24, 2.45) is 0 Å². The molecule has 0 spiro atoms. The van der Waals surface area contributed by atoms with Crippen molar-refractivity contribution in [3.63, 3.8) is 0 Å². The quantitative estimate of drug-likeness (QED) is 0.666. The Balaban J connectivity index is 1.64. The maximum atomic E-state index is 12.7. The van der Waals surface area contributed by atoms with E-state index >= 15 is 0 Å². The molecule has 2 amide bonds. The summed E-state index contributed by atoms with van der Waals surface area (Å²) in [5.41, 5.74) is 0.564. The fraction of sp³-hybridized carbons (Fsp3) is 0.500. The van der Waals surface area contributed by atoms with E-state index in [2.05, 4.69) is 15.9 Å². The van der Waals surface area contributed by atoms with Gasteiger partial charge in [0.25, 0.3) is 5.91 Å². The molecule has 9 heteroatoms. The van der Waals surface area contributed by atoms with Crippen molar-refractivity contribution in [1.82, 2.24) is 9.80 Å². The number of likely N-dealkylation sites (tertiary alicyclic amines) is 1. The maximum Gasteiger partial charge on any atom is 0.410 e. The van der Waals surface area contributed by atoms with E-state index in [-0.39, 0.29) is 18.6 Å². The number of carbonyl (C=O) groups excluding carboxylic acids is 3. The molecule has 8 nitrogen and oxygen atoms in total. The lowest BCUT2D eigenvalue weighted by Gasteiger charge is -2.37. The predicted molar refractivity (Wildman–Crippen MR) is 98.6 cm³/mol. The predicted octanol–water partition coefficient (Wildman–Crippen LogP) is 2.06. The van der Waals surface area contributed by atoms with Crippen LogP contribution in [0.1, 0.15) is 23.2 Å². The van der Waals surface area contributed by atoms with Crippen LogP contribution in [-0.2, 0) is 14.3 Å². The summed E-state index contributed by atoms with van der Waals surface area (Å²) in [5.74, 6) is 0.0967. The van der Waals surface area contributed by atoms with Crippen LogP contribution in [0.3, 0.4) is 0 Å². The third-order valence-corrected chi connectivity index (χ3v) is 5.55. The fourth-order valence-corrected chi connectivity index (χ4v) is 4.02. The van der Waals surface area contributed by atoms with Gasteiger partial charge in [-0.25, -0.2) is 9.59 Å². The third-order valence-electron chi connectivity index (χ3n) is 4.93. The molecule has 2 aliphatic rings. The minimum absolute atomic E-state index is 0.00449. The molecule has 3 rings (SSSR count). The van der Waals surface area contributed by atoms with E-state index in [0.717, 1.165) is 0 Å². The molecule has 0 saturated carbocycles. The van der Waals surface area contributed by atoms with Crippen molar-refractivity contribution in [2.75, 3.05) is 33.9 Å². The Morgan fingerprint density at radius 3 is 2.52 bits per heavy atom. The summed E-state index contributed by atoms with van der Waals surface area (Å²) in [6, 6.07) is 4.33. The summed E-state index contributed by atoms with van der Waals surface area (Å²) in [6.45, 7) is 0.986. The van der Waals surface area contributed by atoms with E-state index in [1.54, 1.807) is 30.2 Å². The molecule has 0 bridgehead atoms. The standard InChI is InChI=1S/C18H21BrN2O6/c1-25-15-4-3-11(9-13(15)19)16(22)20-7-5-12(6-8-20)21-14(17(23)26-2)10-27-18(21)24/h3-4,9,12,14H,5-8,10H2,1-2H3. The molecular weight excluding hydrogens is 420 g/mol. The molecule has 2 fully saturated rings. The van der Waals surface area contributed by atoms with Gasteiger partial charge in [0.05, 0.1) is 18.7 Å². The second-order valence-corrected chi connectivity index (χ2v) is 7.25. The number of methoxy groups -OCH3 is 2. The van der Waals surface area contributed by atoms with Crippen molar-refractivity contribution < 1.29 is 28.6 Å². The van der Waals surface area contributed by atoms with Crippen LogP contribution in [0.25, 0.3) is 0 Å². The number of hydrogen-bond acceptors (Lipinski definition) is 6. The first-order valence-corrected chi connectivity index (χ1v) is 9.41. The van der Waals surface area contributed by atoms with Crippen molar-refractivity contribution in [3.8, 4) is 5.75 Å². The van der Waals surface area contributed by atoms with Gasteiger partial charge in [-0.1, -0.05) is 0 Å². The number of piperidine rings is 1. The summed E-state index contributed by atoms with van der Waals surface area (Å²) in [7, 11) is 2.86. The van der Waals surface area contributed by atoms with Gasteiger partial charge in [-0.3, -0.25) is 9.69 Å². The SMILES string of the molecule is COC(=O)C1COC(=O)N1C1CCN(C(=O)c2ccc(OC)c(Br)c2)CC1. The van der Waals surface area contributed by atoms with Crippen LogP contribution in [0, 0.1) is 0 Å². The van der Waals surface area contributed by atoms with Gasteiger partial charge in [-0.05, 0) is 47.0 Å². The molecule has 1 atom stereocenters. The van der Waals surface area contributed by atoms with Crippen LogP contribution in [0.15, 0.2) is 22.7 Å². The number of rotatable bonds is 4. The van der Waals surface area contributed by atoms with Crippen LogP contribution in [0.5, 0.6) is 5.75 Å². The molecule has 2 heterocycles. The molecule has 2 aliphatic heterocycles. The smallest absolute Gasteiger partial charge is 0.410 e. The van der Waals surface area contributed by atoms with Crippen molar-refractivity contribution >= 4 is 33.9 Å². The van der Waals surface area contributed by atoms with E-state index < -0.39 is 18.1 Å². The lowest BCUT2D eigenvalue weighted by Crippen LogP contribution is -2.52. The highest BCUT2D eigenvalue weighted by Crippen LogP contribution is 2.28. The summed E-state index contributed by atoms with van der Waals surface area (Å²) >= 11 is 3.39. The van der Waals surface area contributed by atoms with Crippen molar-refractivity contribution in [3.05, 3.63) is 28.2 Å². The average molecular weight is 441 g/mol. The first-order chi connectivity index (χ1) is 13.0. The Kier molecular flexibility index (Phi) is 5.88. The lowest BCUT2D eigenvalue weighted by molar-refractivity contribution is -0.145. The van der Waals surface area contributed by atoms with Crippen LogP contribution in [-0.4, -0.2) is 73.8 Å². The third kappa shape index (κ3) is 3.87. The van der Waals surface area contributed by atoms with Crippen molar-refractivity contribution in [1.29, 1.82) is 0 Å². The van der Waals surface area contributed by atoms with E-state index in [9.17, 15) is 14.4 Å². The minimum atomic E-state index is -0.715. The topological polar surface area (TPSA) is 85.4 Å². The first kappa shape index (κ1) is 19.5. The highest BCUT2D eigenvalue weighted by Gasteiger charge is 2.44. The highest BCUT2D eigenvalue weighted by molar-refractivity contribution is 9.10. The molecule has 0 aliphatic carbocycles. The maximum absolute atomic E-state index is 12.7. The molecule has 1 unspecified atom stereocenters. The zero-order valence-corrected chi connectivity index (χ0v) is 16.7. The van der Waals surface area contributed by atoms with Gasteiger partial charge in [-0.2, -0.15) is 0 Å². The zero-order chi connectivity index (χ0) is 19.6. The lowest BCUT2D eigenvalue weighted by atomic mass is 10.0. The molecule has 0 radical (unpaired) electrons. The highest BCUT2D eigenvalue weighted by atomic mass is 79.9. The number of amides is 2. The summed E-state index contributed by atoms with van der Waals surface area (Å²) in [5, 5.41) is 0. The number of benzene rings is 1. The Hall–Kier alpha value is -2.29. The van der Waals surface area contributed by atoms with Gasteiger partial charge in [0, 0.05) is 24.7 Å². The molecule has 1 aromatic rings. The van der Waals surface area contributed by atoms with Crippen molar-refractivity contribution in [2.45, 2.75) is 24.9 Å². The monoisotopic (exact) mass is 440 g/mol. The van der Waals surface area contributed by atoms with Gasteiger partial charge < -0.3 is 19.1 Å². The number of cyclic esters (lactones) is 1. The first-order valence-electron chi connectivity index (χ1n) is 8.62. The van der Waals surface area contributed by atoms with Gasteiger partial charge in [0.1, 0.15) is 12.4 Å². The van der Waals surface area contributed by atoms with Gasteiger partial charge in [0.15, 0.2) is 6.04 Å². The van der Waals surface area contributed by atoms with E-state index in [1.807, 2.05) is 0 Å². The number of ether oxygens (including phenoxy) is 3. The number of halogens is 1.